The van der Waals surface area contributed by atoms with Gasteiger partial charge >= 0.3 is 19.5 Å². The van der Waals surface area contributed by atoms with Crippen LogP contribution in [0, 0.1) is 0 Å². The fraction of sp³-hybridized carbons (Fsp3) is 0.476. The van der Waals surface area contributed by atoms with Crippen LogP contribution in [0.15, 0.2) is 46.1 Å². The molecule has 2 saturated heterocycles. The monoisotopic (exact) mass is 530 g/mol. The normalized spacial score (nSPS) is 32.9. The molecule has 2 unspecified atom stereocenters. The standard InChI is InChI=1S/C21H24ClN2O10P/c1-12(25)32-18-16(33-19(21(18,2)28)24-8-6-17(26)23-20(24)27)11-31-35(29)30-9-7-15(34-35)13-4-3-5-14(22)10-13/h3-6,8,10,15-16,18-19,28H,7,9,11H2,1-2H3,(H,23,26,27)/t15?,16-,18-,19-,21-,35?/m1/s1. The van der Waals surface area contributed by atoms with Crippen LogP contribution in [0.3, 0.4) is 0 Å². The Labute approximate surface area is 204 Å². The summed E-state index contributed by atoms with van der Waals surface area (Å²) < 4.78 is 41.6. The molecule has 4 rings (SSSR count). The summed E-state index contributed by atoms with van der Waals surface area (Å²) in [6.45, 7) is 2.05. The van der Waals surface area contributed by atoms with Gasteiger partial charge in [-0.1, -0.05) is 23.7 Å². The van der Waals surface area contributed by atoms with Crippen molar-refractivity contribution in [1.29, 1.82) is 0 Å². The smallest absolute Gasteiger partial charge is 0.456 e. The van der Waals surface area contributed by atoms with Crippen molar-refractivity contribution in [3.63, 3.8) is 0 Å². The van der Waals surface area contributed by atoms with E-state index in [1.54, 1.807) is 24.3 Å². The summed E-state index contributed by atoms with van der Waals surface area (Å²) in [5.74, 6) is -0.726. The van der Waals surface area contributed by atoms with Crippen molar-refractivity contribution in [3.05, 3.63) is 68.0 Å². The fourth-order valence-corrected chi connectivity index (χ4v) is 5.62. The number of phosphoric ester groups is 1. The van der Waals surface area contributed by atoms with Gasteiger partial charge in [0.15, 0.2) is 12.3 Å². The number of benzene rings is 1. The number of hydrogen-bond acceptors (Lipinski definition) is 10. The van der Waals surface area contributed by atoms with Gasteiger partial charge in [0.05, 0.1) is 19.3 Å². The third-order valence-corrected chi connectivity index (χ3v) is 7.33. The molecule has 0 saturated carbocycles. The first-order valence-electron chi connectivity index (χ1n) is 10.7. The number of nitrogens with one attached hydrogen (secondary N) is 1. The van der Waals surface area contributed by atoms with Crippen molar-refractivity contribution in [3.8, 4) is 0 Å². The van der Waals surface area contributed by atoms with Crippen LogP contribution in [0.5, 0.6) is 0 Å². The first-order chi connectivity index (χ1) is 16.5. The number of ether oxygens (including phenoxy) is 2. The average Bonchev–Trinajstić information content (AvgIpc) is 3.02. The lowest BCUT2D eigenvalue weighted by atomic mass is 9.96. The molecule has 3 heterocycles. The molecular weight excluding hydrogens is 507 g/mol. The summed E-state index contributed by atoms with van der Waals surface area (Å²) in [6.07, 6.45) is -2.89. The Hall–Kier alpha value is -2.31. The number of aliphatic hydroxyl groups is 1. The molecule has 0 bridgehead atoms. The molecule has 0 aliphatic carbocycles. The van der Waals surface area contributed by atoms with Gasteiger partial charge in [0.2, 0.25) is 0 Å². The maximum atomic E-state index is 13.2. The highest BCUT2D eigenvalue weighted by molar-refractivity contribution is 7.48. The first-order valence-corrected chi connectivity index (χ1v) is 12.5. The Balaban J connectivity index is 1.53. The zero-order valence-electron chi connectivity index (χ0n) is 18.8. The van der Waals surface area contributed by atoms with Crippen LogP contribution in [0.1, 0.15) is 38.2 Å². The molecule has 12 nitrogen and oxygen atoms in total. The Morgan fingerprint density at radius 1 is 1.37 bits per heavy atom. The number of carbonyl (C=O) groups is 1. The van der Waals surface area contributed by atoms with Crippen molar-refractivity contribution >= 4 is 25.4 Å². The number of hydrogen-bond donors (Lipinski definition) is 2. The maximum Gasteiger partial charge on any atom is 0.475 e. The number of esters is 1. The quantitative estimate of drug-likeness (QED) is 0.418. The number of H-pyrrole nitrogens is 1. The highest BCUT2D eigenvalue weighted by Crippen LogP contribution is 2.57. The Bertz CT molecular complexity index is 1260. The van der Waals surface area contributed by atoms with E-state index in [2.05, 4.69) is 4.98 Å². The second-order valence-electron chi connectivity index (χ2n) is 8.31. The Morgan fingerprint density at radius 3 is 2.83 bits per heavy atom. The molecule has 2 fully saturated rings. The first kappa shape index (κ1) is 25.8. The SMILES string of the molecule is CC(=O)O[C@@H]1[C@@H](COP2(=O)OCCC(c3cccc(Cl)c3)O2)O[C@@H](n2ccc(=O)[nH]c2=O)[C@]1(C)O. The molecule has 1 aromatic heterocycles. The summed E-state index contributed by atoms with van der Waals surface area (Å²) in [7, 11) is -4.07. The minimum absolute atomic E-state index is 0.0838. The van der Waals surface area contributed by atoms with Crippen molar-refractivity contribution in [2.24, 2.45) is 0 Å². The van der Waals surface area contributed by atoms with Gasteiger partial charge in [-0.15, -0.1) is 0 Å². The van der Waals surface area contributed by atoms with E-state index in [0.29, 0.717) is 17.0 Å². The Kier molecular flexibility index (Phi) is 7.35. The van der Waals surface area contributed by atoms with E-state index in [0.717, 1.165) is 23.8 Å². The molecular formula is C21H24ClN2O10P. The van der Waals surface area contributed by atoms with Crippen molar-refractivity contribution in [1.82, 2.24) is 9.55 Å². The topological polar surface area (TPSA) is 155 Å². The van der Waals surface area contributed by atoms with Gasteiger partial charge in [-0.3, -0.25) is 32.7 Å². The minimum atomic E-state index is -4.07. The van der Waals surface area contributed by atoms with Crippen LogP contribution < -0.4 is 11.2 Å². The number of rotatable bonds is 6. The summed E-state index contributed by atoms with van der Waals surface area (Å²) in [5, 5.41) is 11.6. The molecule has 0 amide bonds. The number of halogens is 1. The van der Waals surface area contributed by atoms with Crippen LogP contribution in [0.4, 0.5) is 0 Å². The maximum absolute atomic E-state index is 13.2. The highest BCUT2D eigenvalue weighted by Gasteiger charge is 2.57. The van der Waals surface area contributed by atoms with E-state index in [-0.39, 0.29) is 6.61 Å². The predicted molar refractivity (Wildman–Crippen MR) is 121 cm³/mol. The second kappa shape index (κ2) is 9.98. The van der Waals surface area contributed by atoms with Crippen LogP contribution in [0.2, 0.25) is 5.02 Å². The Morgan fingerprint density at radius 2 is 2.14 bits per heavy atom. The molecule has 2 aliphatic rings. The number of nitrogens with zero attached hydrogens (tertiary/aromatic N) is 1. The lowest BCUT2D eigenvalue weighted by molar-refractivity contribution is -0.161. The third-order valence-electron chi connectivity index (χ3n) is 5.62. The number of carbonyl (C=O) groups excluding carboxylic acids is 1. The van der Waals surface area contributed by atoms with Crippen molar-refractivity contribution < 1.29 is 37.5 Å². The van der Waals surface area contributed by atoms with Gasteiger partial charge in [-0.2, -0.15) is 0 Å². The van der Waals surface area contributed by atoms with E-state index < -0.39 is 61.8 Å². The van der Waals surface area contributed by atoms with E-state index >= 15 is 0 Å². The lowest BCUT2D eigenvalue weighted by Crippen LogP contribution is -2.48. The van der Waals surface area contributed by atoms with E-state index in [1.165, 1.54) is 6.92 Å². The van der Waals surface area contributed by atoms with Gasteiger partial charge in [0.1, 0.15) is 11.7 Å². The highest BCUT2D eigenvalue weighted by atomic mass is 35.5. The molecule has 2 aromatic rings. The summed E-state index contributed by atoms with van der Waals surface area (Å²) in [4.78, 5) is 37.5. The lowest BCUT2D eigenvalue weighted by Gasteiger charge is -2.31. The third kappa shape index (κ3) is 5.59. The molecule has 0 spiro atoms. The van der Waals surface area contributed by atoms with E-state index in [1.807, 2.05) is 0 Å². The molecule has 190 valence electrons. The molecule has 1 aromatic carbocycles. The zero-order valence-corrected chi connectivity index (χ0v) is 20.4. The van der Waals surface area contributed by atoms with Crippen LogP contribution in [-0.4, -0.2) is 51.6 Å². The number of phosphoric acid groups is 1. The van der Waals surface area contributed by atoms with Gasteiger partial charge in [0, 0.05) is 30.6 Å². The van der Waals surface area contributed by atoms with Crippen LogP contribution in [-0.2, 0) is 32.4 Å². The van der Waals surface area contributed by atoms with Crippen molar-refractivity contribution in [2.75, 3.05) is 13.2 Å². The van der Waals surface area contributed by atoms with Crippen molar-refractivity contribution in [2.45, 2.75) is 50.4 Å². The zero-order chi connectivity index (χ0) is 25.4. The number of aromatic amines is 1. The fourth-order valence-electron chi connectivity index (χ4n) is 4.03. The van der Waals surface area contributed by atoms with E-state index in [4.69, 9.17) is 34.6 Å². The second-order valence-corrected chi connectivity index (χ2v) is 10.4. The summed E-state index contributed by atoms with van der Waals surface area (Å²) in [6, 6.07) is 7.96. The van der Waals surface area contributed by atoms with Gasteiger partial charge < -0.3 is 14.6 Å². The molecule has 35 heavy (non-hydrogen) atoms. The molecule has 0 radical (unpaired) electrons. The van der Waals surface area contributed by atoms with Gasteiger partial charge in [-0.05, 0) is 24.6 Å². The predicted octanol–water partition coefficient (Wildman–Crippen LogP) is 2.07. The molecule has 2 N–H and O–H groups in total. The number of aromatic nitrogens is 2. The molecule has 6 atom stereocenters. The summed E-state index contributed by atoms with van der Waals surface area (Å²) >= 11 is 6.04. The van der Waals surface area contributed by atoms with E-state index in [9.17, 15) is 24.1 Å². The molecule has 2 aliphatic heterocycles. The largest absolute Gasteiger partial charge is 0.475 e. The van der Waals surface area contributed by atoms with Crippen LogP contribution >= 0.6 is 19.4 Å². The van der Waals surface area contributed by atoms with Gasteiger partial charge in [-0.25, -0.2) is 9.36 Å². The minimum Gasteiger partial charge on any atom is -0.456 e. The molecule has 14 heteroatoms. The average molecular weight is 531 g/mol. The summed E-state index contributed by atoms with van der Waals surface area (Å²) in [5.41, 5.74) is -2.71. The van der Waals surface area contributed by atoms with Gasteiger partial charge in [0.25, 0.3) is 5.56 Å². The van der Waals surface area contributed by atoms with Crippen LogP contribution in [0.25, 0.3) is 0 Å².